The van der Waals surface area contributed by atoms with Gasteiger partial charge in [0.25, 0.3) is 11.7 Å². The zero-order valence-electron chi connectivity index (χ0n) is 11.7. The summed E-state index contributed by atoms with van der Waals surface area (Å²) in [5, 5.41) is 14.7. The zero-order valence-corrected chi connectivity index (χ0v) is 12.6. The number of nitrogens with zero attached hydrogens (tertiary/aromatic N) is 2. The fraction of sp³-hybridized carbons (Fsp3) is 0.500. The predicted octanol–water partition coefficient (Wildman–Crippen LogP) is 3.82. The monoisotopic (exact) mass is 307 g/mol. The van der Waals surface area contributed by atoms with Crippen molar-refractivity contribution in [3.8, 4) is 0 Å². The van der Waals surface area contributed by atoms with Gasteiger partial charge in [-0.25, -0.2) is 0 Å². The van der Waals surface area contributed by atoms with Crippen LogP contribution in [0.3, 0.4) is 0 Å². The highest BCUT2D eigenvalue weighted by atomic mass is 32.2. The molecule has 0 amide bonds. The van der Waals surface area contributed by atoms with E-state index in [2.05, 4.69) is 17.2 Å². The van der Waals surface area contributed by atoms with Crippen molar-refractivity contribution in [3.63, 3.8) is 0 Å². The van der Waals surface area contributed by atoms with Crippen molar-refractivity contribution in [1.82, 2.24) is 4.98 Å². The maximum atomic E-state index is 10.8. The van der Waals surface area contributed by atoms with Gasteiger partial charge in [0.2, 0.25) is 0 Å². The van der Waals surface area contributed by atoms with E-state index in [1.165, 1.54) is 25.0 Å². The van der Waals surface area contributed by atoms with Crippen molar-refractivity contribution in [3.05, 3.63) is 28.3 Å². The maximum absolute atomic E-state index is 10.8. The van der Waals surface area contributed by atoms with E-state index < -0.39 is 4.92 Å². The number of fused-ring (bicyclic) bond motifs is 1. The molecule has 1 heterocycles. The van der Waals surface area contributed by atoms with Gasteiger partial charge in [0, 0.05) is 17.4 Å². The third-order valence-electron chi connectivity index (χ3n) is 3.73. The number of nitrogens with one attached hydrogen (secondary N) is 1. The molecule has 2 unspecified atom stereocenters. The summed E-state index contributed by atoms with van der Waals surface area (Å²) in [6, 6.07) is 5.30. The number of benzene rings is 1. The number of hydrogen-bond donors (Lipinski definition) is 1. The summed E-state index contributed by atoms with van der Waals surface area (Å²) in [4.78, 5) is 14.7. The summed E-state index contributed by atoms with van der Waals surface area (Å²) in [6.07, 6.45) is 3.53. The second kappa shape index (κ2) is 5.93. The molecule has 3 rings (SSSR count). The predicted molar refractivity (Wildman–Crippen MR) is 83.8 cm³/mol. The molecule has 0 spiro atoms. The molecule has 2 aromatic rings. The van der Waals surface area contributed by atoms with Crippen LogP contribution in [0.1, 0.15) is 26.2 Å². The molecular formula is C14H17N3O3S. The summed E-state index contributed by atoms with van der Waals surface area (Å²) >= 11 is 1.96. The molecule has 1 fully saturated rings. The quantitative estimate of drug-likeness (QED) is 0.668. The van der Waals surface area contributed by atoms with Crippen molar-refractivity contribution in [2.75, 3.05) is 11.1 Å². The molecule has 1 N–H and O–H groups in total. The third-order valence-corrected chi connectivity index (χ3v) is 5.05. The van der Waals surface area contributed by atoms with E-state index in [9.17, 15) is 10.1 Å². The Labute approximate surface area is 126 Å². The fourth-order valence-electron chi connectivity index (χ4n) is 2.75. The van der Waals surface area contributed by atoms with Crippen LogP contribution in [-0.2, 0) is 0 Å². The third kappa shape index (κ3) is 2.97. The minimum Gasteiger partial charge on any atom is -0.423 e. The van der Waals surface area contributed by atoms with E-state index in [-0.39, 0.29) is 5.69 Å². The fourth-order valence-corrected chi connectivity index (χ4v) is 3.95. The highest BCUT2D eigenvalue weighted by Gasteiger charge is 2.28. The Morgan fingerprint density at radius 2 is 2.38 bits per heavy atom. The number of non-ortho nitro benzene ring substituents is 1. The first-order valence-corrected chi connectivity index (χ1v) is 8.15. The smallest absolute Gasteiger partial charge is 0.295 e. The molecule has 1 saturated carbocycles. The van der Waals surface area contributed by atoms with E-state index >= 15 is 0 Å². The minimum absolute atomic E-state index is 0.0190. The van der Waals surface area contributed by atoms with Crippen LogP contribution in [-0.4, -0.2) is 27.0 Å². The SMILES string of the molecule is CCSC1CCCC1Nc1nc2ccc([N+](=O)[O-])cc2o1. The molecule has 21 heavy (non-hydrogen) atoms. The van der Waals surface area contributed by atoms with Gasteiger partial charge in [0.15, 0.2) is 5.58 Å². The van der Waals surface area contributed by atoms with Crippen molar-refractivity contribution in [2.45, 2.75) is 37.5 Å². The molecule has 6 nitrogen and oxygen atoms in total. The van der Waals surface area contributed by atoms with Gasteiger partial charge in [0.1, 0.15) is 5.52 Å². The molecular weight excluding hydrogens is 290 g/mol. The van der Waals surface area contributed by atoms with Gasteiger partial charge < -0.3 is 9.73 Å². The van der Waals surface area contributed by atoms with Gasteiger partial charge >= 0.3 is 0 Å². The summed E-state index contributed by atoms with van der Waals surface area (Å²) < 4.78 is 5.61. The Morgan fingerprint density at radius 3 is 3.14 bits per heavy atom. The highest BCUT2D eigenvalue weighted by Crippen LogP contribution is 2.33. The van der Waals surface area contributed by atoms with Crippen molar-refractivity contribution in [2.24, 2.45) is 0 Å². The molecule has 1 aromatic carbocycles. The average molecular weight is 307 g/mol. The Kier molecular flexibility index (Phi) is 4.01. The zero-order chi connectivity index (χ0) is 14.8. The van der Waals surface area contributed by atoms with E-state index in [0.29, 0.717) is 28.4 Å². The summed E-state index contributed by atoms with van der Waals surface area (Å²) in [5.74, 6) is 1.10. The van der Waals surface area contributed by atoms with Gasteiger partial charge in [-0.05, 0) is 24.7 Å². The molecule has 0 radical (unpaired) electrons. The summed E-state index contributed by atoms with van der Waals surface area (Å²) in [7, 11) is 0. The van der Waals surface area contributed by atoms with Crippen LogP contribution >= 0.6 is 11.8 Å². The topological polar surface area (TPSA) is 81.2 Å². The summed E-state index contributed by atoms with van der Waals surface area (Å²) in [6.45, 7) is 2.17. The van der Waals surface area contributed by atoms with Gasteiger partial charge in [0.05, 0.1) is 11.0 Å². The van der Waals surface area contributed by atoms with Crippen LogP contribution in [0.25, 0.3) is 11.1 Å². The van der Waals surface area contributed by atoms with Crippen molar-refractivity contribution < 1.29 is 9.34 Å². The first-order chi connectivity index (χ1) is 10.2. The van der Waals surface area contributed by atoms with Gasteiger partial charge in [-0.15, -0.1) is 0 Å². The van der Waals surface area contributed by atoms with Crippen molar-refractivity contribution in [1.29, 1.82) is 0 Å². The first-order valence-electron chi connectivity index (χ1n) is 7.10. The van der Waals surface area contributed by atoms with E-state index in [4.69, 9.17) is 4.42 Å². The molecule has 7 heteroatoms. The van der Waals surface area contributed by atoms with Gasteiger partial charge in [-0.3, -0.25) is 10.1 Å². The van der Waals surface area contributed by atoms with Crippen LogP contribution in [0, 0.1) is 10.1 Å². The van der Waals surface area contributed by atoms with Crippen LogP contribution in [0.5, 0.6) is 0 Å². The van der Waals surface area contributed by atoms with Crippen LogP contribution < -0.4 is 5.32 Å². The Morgan fingerprint density at radius 1 is 1.52 bits per heavy atom. The van der Waals surface area contributed by atoms with Crippen LogP contribution in [0.2, 0.25) is 0 Å². The lowest BCUT2D eigenvalue weighted by Crippen LogP contribution is -2.26. The molecule has 1 aromatic heterocycles. The lowest BCUT2D eigenvalue weighted by molar-refractivity contribution is -0.384. The van der Waals surface area contributed by atoms with E-state index in [1.54, 1.807) is 6.07 Å². The Hall–Kier alpha value is -1.76. The number of hydrogen-bond acceptors (Lipinski definition) is 6. The number of rotatable bonds is 5. The van der Waals surface area contributed by atoms with Gasteiger partial charge in [-0.1, -0.05) is 13.3 Å². The number of oxazole rings is 1. The number of aromatic nitrogens is 1. The standard InChI is InChI=1S/C14H17N3O3S/c1-2-21-13-5-3-4-11(13)16-14-15-10-7-6-9(17(18)19)8-12(10)20-14/h6-8,11,13H,2-5H2,1H3,(H,15,16). The maximum Gasteiger partial charge on any atom is 0.295 e. The van der Waals surface area contributed by atoms with Crippen molar-refractivity contribution >= 4 is 34.6 Å². The lowest BCUT2D eigenvalue weighted by Gasteiger charge is -2.18. The first kappa shape index (κ1) is 14.2. The molecule has 0 aliphatic heterocycles. The van der Waals surface area contributed by atoms with Gasteiger partial charge in [-0.2, -0.15) is 16.7 Å². The molecule has 1 aliphatic carbocycles. The molecule has 1 aliphatic rings. The Bertz CT molecular complexity index is 658. The lowest BCUT2D eigenvalue weighted by atomic mass is 10.2. The normalized spacial score (nSPS) is 21.8. The molecule has 2 atom stereocenters. The van der Waals surface area contributed by atoms with E-state index in [0.717, 1.165) is 12.2 Å². The molecule has 0 bridgehead atoms. The largest absolute Gasteiger partial charge is 0.423 e. The minimum atomic E-state index is -0.431. The second-order valence-electron chi connectivity index (χ2n) is 5.10. The Balaban J connectivity index is 1.79. The van der Waals surface area contributed by atoms with Crippen LogP contribution in [0.4, 0.5) is 11.7 Å². The second-order valence-corrected chi connectivity index (χ2v) is 6.62. The van der Waals surface area contributed by atoms with Crippen LogP contribution in [0.15, 0.2) is 22.6 Å². The number of anilines is 1. The average Bonchev–Trinajstić information content (AvgIpc) is 3.05. The summed E-state index contributed by atoms with van der Waals surface area (Å²) in [5.41, 5.74) is 1.11. The molecule has 0 saturated heterocycles. The number of nitro benzene ring substituents is 1. The number of nitro groups is 1. The molecule has 112 valence electrons. The number of thioether (sulfide) groups is 1. The van der Waals surface area contributed by atoms with E-state index in [1.807, 2.05) is 11.8 Å². The highest BCUT2D eigenvalue weighted by molar-refractivity contribution is 7.99.